The monoisotopic (exact) mass is 337 g/mol. The lowest BCUT2D eigenvalue weighted by atomic mass is 9.98. The molecule has 24 heavy (non-hydrogen) atoms. The molecule has 138 valence electrons. The summed E-state index contributed by atoms with van der Waals surface area (Å²) in [5, 5.41) is 3.04. The molecule has 3 aliphatic rings. The molecule has 3 fully saturated rings. The largest absolute Gasteiger partial charge is 0.444 e. The summed E-state index contributed by atoms with van der Waals surface area (Å²) in [6.45, 7) is 11.8. The van der Waals surface area contributed by atoms with Crippen LogP contribution in [0.3, 0.4) is 0 Å². The normalized spacial score (nSPS) is 25.6. The summed E-state index contributed by atoms with van der Waals surface area (Å²) in [7, 11) is 0. The lowest BCUT2D eigenvalue weighted by Crippen LogP contribution is -2.51. The van der Waals surface area contributed by atoms with Crippen molar-refractivity contribution in [2.75, 3.05) is 32.7 Å². The van der Waals surface area contributed by atoms with Gasteiger partial charge in [0, 0.05) is 31.7 Å². The van der Waals surface area contributed by atoms with Crippen molar-refractivity contribution in [3.8, 4) is 0 Å². The number of hydrogen-bond acceptors (Lipinski definition) is 4. The Kier molecular flexibility index (Phi) is 5.70. The quantitative estimate of drug-likeness (QED) is 0.857. The third-order valence-electron chi connectivity index (χ3n) is 5.54. The van der Waals surface area contributed by atoms with Gasteiger partial charge in [-0.3, -0.25) is 0 Å². The van der Waals surface area contributed by atoms with E-state index in [-0.39, 0.29) is 12.1 Å². The van der Waals surface area contributed by atoms with Gasteiger partial charge in [-0.15, -0.1) is 0 Å². The molecule has 2 saturated heterocycles. The molecule has 1 aliphatic carbocycles. The fourth-order valence-electron chi connectivity index (χ4n) is 4.02. The summed E-state index contributed by atoms with van der Waals surface area (Å²) in [6, 6.07) is 1.02. The average molecular weight is 338 g/mol. The van der Waals surface area contributed by atoms with E-state index in [0.717, 1.165) is 37.9 Å². The van der Waals surface area contributed by atoms with Gasteiger partial charge in [-0.1, -0.05) is 0 Å². The van der Waals surface area contributed by atoms with Crippen LogP contribution < -0.4 is 5.32 Å². The predicted octanol–water partition coefficient (Wildman–Crippen LogP) is 2.85. The van der Waals surface area contributed by atoms with Gasteiger partial charge in [-0.05, 0) is 78.3 Å². The van der Waals surface area contributed by atoms with Crippen LogP contribution in [0.25, 0.3) is 0 Å². The molecule has 2 aliphatic heterocycles. The van der Waals surface area contributed by atoms with Crippen LogP contribution in [-0.4, -0.2) is 66.3 Å². The zero-order valence-electron chi connectivity index (χ0n) is 15.7. The summed E-state index contributed by atoms with van der Waals surface area (Å²) < 4.78 is 5.36. The third-order valence-corrected chi connectivity index (χ3v) is 5.54. The van der Waals surface area contributed by atoms with Crippen LogP contribution >= 0.6 is 0 Å². The molecule has 0 atom stereocenters. The summed E-state index contributed by atoms with van der Waals surface area (Å²) in [6.07, 6.45) is 7.36. The van der Waals surface area contributed by atoms with Crippen LogP contribution in [0.15, 0.2) is 0 Å². The highest BCUT2D eigenvalue weighted by Gasteiger charge is 2.31. The number of likely N-dealkylation sites (tertiary alicyclic amines) is 2. The van der Waals surface area contributed by atoms with Crippen LogP contribution in [0.4, 0.5) is 4.79 Å². The Bertz CT molecular complexity index is 415. The van der Waals surface area contributed by atoms with Crippen molar-refractivity contribution < 1.29 is 9.53 Å². The number of ether oxygens (including phenoxy) is 1. The smallest absolute Gasteiger partial charge is 0.407 e. The minimum Gasteiger partial charge on any atom is -0.444 e. The summed E-state index contributed by atoms with van der Waals surface area (Å²) in [5.74, 6) is 1.01. The molecule has 0 unspecified atom stereocenters. The van der Waals surface area contributed by atoms with E-state index >= 15 is 0 Å². The summed E-state index contributed by atoms with van der Waals surface area (Å²) in [4.78, 5) is 17.2. The number of nitrogens with one attached hydrogen (secondary N) is 1. The molecule has 5 nitrogen and oxygen atoms in total. The van der Waals surface area contributed by atoms with E-state index in [1.165, 1.54) is 45.3 Å². The van der Waals surface area contributed by atoms with Crippen molar-refractivity contribution in [3.05, 3.63) is 0 Å². The van der Waals surface area contributed by atoms with Gasteiger partial charge in [0.05, 0.1) is 0 Å². The van der Waals surface area contributed by atoms with Crippen LogP contribution in [-0.2, 0) is 4.74 Å². The number of rotatable bonds is 4. The zero-order valence-corrected chi connectivity index (χ0v) is 15.7. The first kappa shape index (κ1) is 18.0. The minimum atomic E-state index is -0.417. The fraction of sp³-hybridized carbons (Fsp3) is 0.947. The van der Waals surface area contributed by atoms with Gasteiger partial charge in [-0.25, -0.2) is 4.79 Å². The molecule has 0 spiro atoms. The SMILES string of the molecule is CC(C)(C)OC(=O)NC1CCN(C2CCN(CC3CC3)CC2)CC1. The molecule has 5 heteroatoms. The lowest BCUT2D eigenvalue weighted by molar-refractivity contribution is 0.0443. The van der Waals surface area contributed by atoms with Gasteiger partial charge in [0.15, 0.2) is 0 Å². The number of piperidine rings is 2. The van der Waals surface area contributed by atoms with Crippen molar-refractivity contribution in [2.45, 2.75) is 77.0 Å². The molecule has 0 bridgehead atoms. The van der Waals surface area contributed by atoms with Crippen molar-refractivity contribution >= 4 is 6.09 Å². The number of carbonyl (C=O) groups is 1. The highest BCUT2D eigenvalue weighted by molar-refractivity contribution is 5.68. The van der Waals surface area contributed by atoms with Gasteiger partial charge in [0.2, 0.25) is 0 Å². The van der Waals surface area contributed by atoms with Crippen LogP contribution in [0.1, 0.15) is 59.3 Å². The molecule has 0 aromatic carbocycles. The van der Waals surface area contributed by atoms with E-state index in [1.54, 1.807) is 0 Å². The number of carbonyl (C=O) groups excluding carboxylic acids is 1. The second-order valence-electron chi connectivity index (χ2n) is 8.93. The zero-order chi connectivity index (χ0) is 17.2. The van der Waals surface area contributed by atoms with Crippen molar-refractivity contribution in [1.82, 2.24) is 15.1 Å². The van der Waals surface area contributed by atoms with E-state index < -0.39 is 5.60 Å². The molecule has 3 rings (SSSR count). The highest BCUT2D eigenvalue weighted by atomic mass is 16.6. The summed E-state index contributed by atoms with van der Waals surface area (Å²) >= 11 is 0. The first-order valence-corrected chi connectivity index (χ1v) is 9.85. The predicted molar refractivity (Wildman–Crippen MR) is 96.2 cm³/mol. The average Bonchev–Trinajstić information content (AvgIpc) is 3.31. The Labute approximate surface area is 147 Å². The second kappa shape index (κ2) is 7.61. The molecule has 0 aromatic heterocycles. The molecule has 1 N–H and O–H groups in total. The Morgan fingerprint density at radius 1 is 1.00 bits per heavy atom. The van der Waals surface area contributed by atoms with Crippen molar-refractivity contribution in [2.24, 2.45) is 5.92 Å². The first-order chi connectivity index (χ1) is 11.4. The Morgan fingerprint density at radius 3 is 2.17 bits per heavy atom. The highest BCUT2D eigenvalue weighted by Crippen LogP contribution is 2.31. The molecular weight excluding hydrogens is 302 g/mol. The number of amides is 1. The standard InChI is InChI=1S/C19H35N3O2/c1-19(2,3)24-18(23)20-16-6-12-22(13-7-16)17-8-10-21(11-9-17)14-15-4-5-15/h15-17H,4-14H2,1-3H3,(H,20,23). The molecule has 2 heterocycles. The lowest BCUT2D eigenvalue weighted by Gasteiger charge is -2.42. The molecule has 0 radical (unpaired) electrons. The third kappa shape index (κ3) is 5.62. The van der Waals surface area contributed by atoms with Gasteiger partial charge in [-0.2, -0.15) is 0 Å². The number of nitrogens with zero attached hydrogens (tertiary/aromatic N) is 2. The Hall–Kier alpha value is -0.810. The maximum atomic E-state index is 11.9. The molecular formula is C19H35N3O2. The molecule has 1 saturated carbocycles. The van der Waals surface area contributed by atoms with Crippen LogP contribution in [0, 0.1) is 5.92 Å². The minimum absolute atomic E-state index is 0.269. The van der Waals surface area contributed by atoms with Crippen LogP contribution in [0.5, 0.6) is 0 Å². The number of alkyl carbamates (subject to hydrolysis) is 1. The van der Waals surface area contributed by atoms with Crippen molar-refractivity contribution in [1.29, 1.82) is 0 Å². The Balaban J connectivity index is 1.34. The van der Waals surface area contributed by atoms with E-state index in [0.29, 0.717) is 0 Å². The van der Waals surface area contributed by atoms with E-state index in [1.807, 2.05) is 20.8 Å². The maximum absolute atomic E-state index is 11.9. The van der Waals surface area contributed by atoms with Gasteiger partial charge < -0.3 is 19.9 Å². The maximum Gasteiger partial charge on any atom is 0.407 e. The fourth-order valence-corrected chi connectivity index (χ4v) is 4.02. The van der Waals surface area contributed by atoms with E-state index in [4.69, 9.17) is 4.74 Å². The van der Waals surface area contributed by atoms with Crippen molar-refractivity contribution in [3.63, 3.8) is 0 Å². The Morgan fingerprint density at radius 2 is 1.62 bits per heavy atom. The molecule has 0 aromatic rings. The second-order valence-corrected chi connectivity index (χ2v) is 8.93. The van der Waals surface area contributed by atoms with Gasteiger partial charge in [0.1, 0.15) is 5.60 Å². The number of hydrogen-bond donors (Lipinski definition) is 1. The van der Waals surface area contributed by atoms with Crippen LogP contribution in [0.2, 0.25) is 0 Å². The van der Waals surface area contributed by atoms with Gasteiger partial charge in [0.25, 0.3) is 0 Å². The molecule has 1 amide bonds. The van der Waals surface area contributed by atoms with E-state index in [2.05, 4.69) is 15.1 Å². The summed E-state index contributed by atoms with van der Waals surface area (Å²) in [5.41, 5.74) is -0.417. The van der Waals surface area contributed by atoms with Gasteiger partial charge >= 0.3 is 6.09 Å². The topological polar surface area (TPSA) is 44.8 Å². The van der Waals surface area contributed by atoms with E-state index in [9.17, 15) is 4.79 Å². The first-order valence-electron chi connectivity index (χ1n) is 9.85.